The van der Waals surface area contributed by atoms with E-state index in [0.717, 1.165) is 15.4 Å². The maximum absolute atomic E-state index is 14.1. The van der Waals surface area contributed by atoms with E-state index in [1.807, 2.05) is 16.7 Å². The first kappa shape index (κ1) is 16.9. The van der Waals surface area contributed by atoms with Crippen LogP contribution in [0.25, 0.3) is 11.4 Å². The second kappa shape index (κ2) is 7.77. The molecule has 0 bridgehead atoms. The van der Waals surface area contributed by atoms with Crippen LogP contribution in [0.3, 0.4) is 0 Å². The molecule has 0 spiro atoms. The summed E-state index contributed by atoms with van der Waals surface area (Å²) in [4.78, 5) is 0. The summed E-state index contributed by atoms with van der Waals surface area (Å²) in [5, 5.41) is 9.17. The van der Waals surface area contributed by atoms with Crippen LogP contribution < -0.4 is 0 Å². The van der Waals surface area contributed by atoms with Crippen LogP contribution >= 0.6 is 27.7 Å². The van der Waals surface area contributed by atoms with Gasteiger partial charge < -0.3 is 0 Å². The van der Waals surface area contributed by atoms with Gasteiger partial charge in [-0.2, -0.15) is 0 Å². The number of thioether (sulfide) groups is 1. The van der Waals surface area contributed by atoms with E-state index in [2.05, 4.69) is 44.8 Å². The molecule has 1 aromatic heterocycles. The zero-order chi connectivity index (χ0) is 16.9. The highest BCUT2D eigenvalue weighted by Crippen LogP contribution is 2.28. The van der Waals surface area contributed by atoms with Crippen LogP contribution in [0.5, 0.6) is 0 Å². The number of hydrogen-bond acceptors (Lipinski definition) is 3. The Bertz CT molecular complexity index is 846. The summed E-state index contributed by atoms with van der Waals surface area (Å²) in [6.45, 7) is 4.30. The quantitative estimate of drug-likeness (QED) is 0.411. The van der Waals surface area contributed by atoms with Crippen molar-refractivity contribution < 1.29 is 4.39 Å². The highest BCUT2D eigenvalue weighted by atomic mass is 79.9. The minimum Gasteiger partial charge on any atom is -0.298 e. The molecule has 0 aliphatic carbocycles. The third-order valence-corrected chi connectivity index (χ3v) is 4.99. The Kier molecular flexibility index (Phi) is 5.48. The average Bonchev–Trinajstić information content (AvgIpc) is 2.98. The van der Waals surface area contributed by atoms with Crippen molar-refractivity contribution >= 4 is 27.7 Å². The van der Waals surface area contributed by atoms with Crippen molar-refractivity contribution in [3.05, 3.63) is 77.0 Å². The van der Waals surface area contributed by atoms with Crippen molar-refractivity contribution in [1.82, 2.24) is 14.8 Å². The van der Waals surface area contributed by atoms with Gasteiger partial charge >= 0.3 is 0 Å². The minimum absolute atomic E-state index is 0.306. The number of rotatable bonds is 6. The highest BCUT2D eigenvalue weighted by molar-refractivity contribution is 9.10. The molecule has 0 saturated heterocycles. The molecule has 122 valence electrons. The molecule has 2 aromatic carbocycles. The van der Waals surface area contributed by atoms with Gasteiger partial charge in [-0.15, -0.1) is 16.8 Å². The fourth-order valence-corrected chi connectivity index (χ4v) is 3.43. The van der Waals surface area contributed by atoms with Gasteiger partial charge in [0.15, 0.2) is 11.0 Å². The maximum Gasteiger partial charge on any atom is 0.192 e. The van der Waals surface area contributed by atoms with Crippen molar-refractivity contribution in [2.45, 2.75) is 17.5 Å². The van der Waals surface area contributed by atoms with Gasteiger partial charge in [-0.25, -0.2) is 4.39 Å². The van der Waals surface area contributed by atoms with Crippen LogP contribution in [0.2, 0.25) is 0 Å². The fraction of sp³-hybridized carbons (Fsp3) is 0.111. The lowest BCUT2D eigenvalue weighted by Gasteiger charge is -2.08. The van der Waals surface area contributed by atoms with E-state index in [1.54, 1.807) is 36.0 Å². The van der Waals surface area contributed by atoms with Crippen molar-refractivity contribution in [2.75, 3.05) is 0 Å². The van der Waals surface area contributed by atoms with Crippen molar-refractivity contribution in [3.8, 4) is 11.4 Å². The lowest BCUT2D eigenvalue weighted by molar-refractivity contribution is 0.626. The van der Waals surface area contributed by atoms with Crippen LogP contribution in [0, 0.1) is 5.82 Å². The van der Waals surface area contributed by atoms with E-state index in [1.165, 1.54) is 11.6 Å². The SMILES string of the molecule is C=CCn1c(SCc2ccc(Br)cc2)nnc1-c1ccccc1F. The van der Waals surface area contributed by atoms with Crippen LogP contribution in [0.15, 0.2) is 70.8 Å². The molecular formula is C18H15BrFN3S. The molecule has 3 aromatic rings. The number of halogens is 2. The monoisotopic (exact) mass is 403 g/mol. The van der Waals surface area contributed by atoms with E-state index in [4.69, 9.17) is 0 Å². The van der Waals surface area contributed by atoms with Gasteiger partial charge in [0.05, 0.1) is 5.56 Å². The largest absolute Gasteiger partial charge is 0.298 e. The van der Waals surface area contributed by atoms with Gasteiger partial charge in [0, 0.05) is 16.8 Å². The van der Waals surface area contributed by atoms with Gasteiger partial charge in [-0.1, -0.05) is 58.0 Å². The van der Waals surface area contributed by atoms with Crippen molar-refractivity contribution in [3.63, 3.8) is 0 Å². The van der Waals surface area contributed by atoms with Gasteiger partial charge in [-0.05, 0) is 29.8 Å². The number of nitrogens with zero attached hydrogens (tertiary/aromatic N) is 3. The predicted octanol–water partition coefficient (Wildman–Crippen LogP) is 5.33. The molecule has 0 saturated carbocycles. The summed E-state index contributed by atoms with van der Waals surface area (Å²) in [7, 11) is 0. The summed E-state index contributed by atoms with van der Waals surface area (Å²) in [5.74, 6) is 0.978. The van der Waals surface area contributed by atoms with Gasteiger partial charge in [0.25, 0.3) is 0 Å². The molecule has 3 nitrogen and oxygen atoms in total. The molecule has 0 N–H and O–H groups in total. The number of aromatic nitrogens is 3. The molecule has 0 radical (unpaired) electrons. The Hall–Kier alpha value is -1.92. The normalized spacial score (nSPS) is 10.8. The Morgan fingerprint density at radius 2 is 1.88 bits per heavy atom. The number of allylic oxidation sites excluding steroid dienone is 1. The Morgan fingerprint density at radius 1 is 1.12 bits per heavy atom. The molecule has 24 heavy (non-hydrogen) atoms. The molecule has 1 heterocycles. The zero-order valence-corrected chi connectivity index (χ0v) is 15.2. The predicted molar refractivity (Wildman–Crippen MR) is 99.3 cm³/mol. The lowest BCUT2D eigenvalue weighted by atomic mass is 10.2. The second-order valence-electron chi connectivity index (χ2n) is 5.10. The standard InChI is InChI=1S/C18H15BrFN3S/c1-2-11-23-17(15-5-3-4-6-16(15)20)21-22-18(23)24-12-13-7-9-14(19)10-8-13/h2-10H,1,11-12H2. The van der Waals surface area contributed by atoms with E-state index in [9.17, 15) is 4.39 Å². The molecule has 0 unspecified atom stereocenters. The summed E-state index contributed by atoms with van der Waals surface area (Å²) < 4.78 is 17.0. The van der Waals surface area contributed by atoms with Crippen LogP contribution in [0.1, 0.15) is 5.56 Å². The molecule has 0 amide bonds. The summed E-state index contributed by atoms with van der Waals surface area (Å²) in [5.41, 5.74) is 1.63. The molecule has 0 atom stereocenters. The first-order valence-electron chi connectivity index (χ1n) is 7.35. The Morgan fingerprint density at radius 3 is 2.58 bits per heavy atom. The Balaban J connectivity index is 1.87. The average molecular weight is 404 g/mol. The first-order chi connectivity index (χ1) is 11.7. The summed E-state index contributed by atoms with van der Waals surface area (Å²) in [6, 6.07) is 14.7. The molecule has 0 fully saturated rings. The third-order valence-electron chi connectivity index (χ3n) is 3.42. The Labute approximate surface area is 152 Å². The zero-order valence-electron chi connectivity index (χ0n) is 12.8. The molecule has 3 rings (SSSR count). The first-order valence-corrected chi connectivity index (χ1v) is 9.13. The third kappa shape index (κ3) is 3.76. The van der Waals surface area contributed by atoms with Crippen LogP contribution in [0.4, 0.5) is 4.39 Å². The summed E-state index contributed by atoms with van der Waals surface area (Å²) >= 11 is 5.00. The second-order valence-corrected chi connectivity index (χ2v) is 6.96. The molecule has 0 aliphatic heterocycles. The smallest absolute Gasteiger partial charge is 0.192 e. The van der Waals surface area contributed by atoms with Crippen molar-refractivity contribution in [1.29, 1.82) is 0 Å². The van der Waals surface area contributed by atoms with E-state index in [-0.39, 0.29) is 5.82 Å². The summed E-state index contributed by atoms with van der Waals surface area (Å²) in [6.07, 6.45) is 1.76. The lowest BCUT2D eigenvalue weighted by Crippen LogP contribution is -2.01. The molecular weight excluding hydrogens is 389 g/mol. The van der Waals surface area contributed by atoms with Gasteiger partial charge in [0.1, 0.15) is 5.82 Å². The van der Waals surface area contributed by atoms with Gasteiger partial charge in [-0.3, -0.25) is 4.57 Å². The van der Waals surface area contributed by atoms with Gasteiger partial charge in [0.2, 0.25) is 0 Å². The highest BCUT2D eigenvalue weighted by Gasteiger charge is 2.16. The molecule has 6 heteroatoms. The van der Waals surface area contributed by atoms with Crippen molar-refractivity contribution in [2.24, 2.45) is 0 Å². The van der Waals surface area contributed by atoms with Crippen LogP contribution in [-0.2, 0) is 12.3 Å². The minimum atomic E-state index is -0.306. The molecule has 0 aliphatic rings. The van der Waals surface area contributed by atoms with Crippen LogP contribution in [-0.4, -0.2) is 14.8 Å². The number of benzene rings is 2. The van der Waals surface area contributed by atoms with E-state index in [0.29, 0.717) is 17.9 Å². The fourth-order valence-electron chi connectivity index (χ4n) is 2.26. The van der Waals surface area contributed by atoms with E-state index < -0.39 is 0 Å². The topological polar surface area (TPSA) is 30.7 Å². The maximum atomic E-state index is 14.1. The number of hydrogen-bond donors (Lipinski definition) is 0. The van der Waals surface area contributed by atoms with E-state index >= 15 is 0 Å².